The third-order valence-electron chi connectivity index (χ3n) is 4.35. The summed E-state index contributed by atoms with van der Waals surface area (Å²) in [5.41, 5.74) is 2.91. The van der Waals surface area contributed by atoms with Crippen LogP contribution >= 0.6 is 24.0 Å². The average Bonchev–Trinajstić information content (AvgIpc) is 2.75. The van der Waals surface area contributed by atoms with E-state index in [2.05, 4.69) is 15.6 Å². The van der Waals surface area contributed by atoms with Crippen molar-refractivity contribution in [3.05, 3.63) is 64.5 Å². The molecule has 0 bridgehead atoms. The smallest absolute Gasteiger partial charge is 0.191 e. The lowest BCUT2D eigenvalue weighted by Gasteiger charge is -2.15. The van der Waals surface area contributed by atoms with E-state index in [0.717, 1.165) is 23.3 Å². The fourth-order valence-electron chi connectivity index (χ4n) is 2.78. The zero-order chi connectivity index (χ0) is 21.8. The minimum absolute atomic E-state index is 0. The molecular weight excluding hydrogens is 510 g/mol. The molecule has 0 aliphatic carbocycles. The summed E-state index contributed by atoms with van der Waals surface area (Å²) in [5, 5.41) is 15.4. The third kappa shape index (κ3) is 9.11. The molecule has 0 unspecified atom stereocenters. The van der Waals surface area contributed by atoms with Crippen molar-refractivity contribution in [3.63, 3.8) is 0 Å². The van der Waals surface area contributed by atoms with E-state index >= 15 is 0 Å². The highest BCUT2D eigenvalue weighted by Crippen LogP contribution is 2.20. The number of guanidine groups is 1. The zero-order valence-corrected chi connectivity index (χ0v) is 20.5. The van der Waals surface area contributed by atoms with E-state index in [9.17, 15) is 4.39 Å². The van der Waals surface area contributed by atoms with Crippen LogP contribution in [0.2, 0.25) is 0 Å². The minimum atomic E-state index is -0.376. The van der Waals surface area contributed by atoms with Gasteiger partial charge < -0.3 is 20.1 Å². The lowest BCUT2D eigenvalue weighted by atomic mass is 10.1. The summed E-state index contributed by atoms with van der Waals surface area (Å²) < 4.78 is 25.0. The van der Waals surface area contributed by atoms with Crippen LogP contribution in [0.25, 0.3) is 0 Å². The number of ether oxygens (including phenoxy) is 2. The number of nitrogens with one attached hydrogen (secondary N) is 2. The minimum Gasteiger partial charge on any atom is -0.493 e. The molecule has 0 heterocycles. The van der Waals surface area contributed by atoms with Crippen molar-refractivity contribution in [1.29, 1.82) is 5.26 Å². The van der Waals surface area contributed by atoms with Crippen molar-refractivity contribution < 1.29 is 13.9 Å². The van der Waals surface area contributed by atoms with Crippen LogP contribution in [-0.4, -0.2) is 32.8 Å². The second kappa shape index (κ2) is 14.6. The van der Waals surface area contributed by atoms with E-state index in [0.29, 0.717) is 43.4 Å². The number of halogens is 2. The molecule has 0 radical (unpaired) electrons. The molecule has 31 heavy (non-hydrogen) atoms. The van der Waals surface area contributed by atoms with Gasteiger partial charge in [0.15, 0.2) is 5.96 Å². The maximum absolute atomic E-state index is 14.0. The second-order valence-corrected chi connectivity index (χ2v) is 6.77. The molecule has 0 saturated heterocycles. The Hall–Kier alpha value is -2.38. The second-order valence-electron chi connectivity index (χ2n) is 6.77. The Balaban J connectivity index is 0.00000480. The van der Waals surface area contributed by atoms with E-state index in [4.69, 9.17) is 14.7 Å². The average molecular weight is 540 g/mol. The Bertz CT molecular complexity index is 900. The molecular formula is C23H30FIN4O2. The highest BCUT2D eigenvalue weighted by molar-refractivity contribution is 14.0. The van der Waals surface area contributed by atoms with Crippen molar-refractivity contribution in [2.75, 3.05) is 26.9 Å². The number of benzene rings is 2. The molecule has 0 aliphatic rings. The molecule has 2 N–H and O–H groups in total. The number of hydrogen-bond acceptors (Lipinski definition) is 4. The van der Waals surface area contributed by atoms with Crippen LogP contribution in [0.5, 0.6) is 5.75 Å². The molecule has 2 rings (SSSR count). The Morgan fingerprint density at radius 1 is 1.13 bits per heavy atom. The molecule has 0 aliphatic heterocycles. The van der Waals surface area contributed by atoms with Gasteiger partial charge in [-0.3, -0.25) is 0 Å². The quantitative estimate of drug-likeness (QED) is 0.204. The molecule has 0 aromatic heterocycles. The van der Waals surface area contributed by atoms with E-state index in [1.807, 2.05) is 38.1 Å². The van der Waals surface area contributed by atoms with E-state index in [1.165, 1.54) is 18.2 Å². The van der Waals surface area contributed by atoms with Crippen LogP contribution in [0.3, 0.4) is 0 Å². The molecule has 2 aromatic carbocycles. The first-order valence-corrected chi connectivity index (χ1v) is 9.99. The highest BCUT2D eigenvalue weighted by Gasteiger charge is 2.08. The topological polar surface area (TPSA) is 78.7 Å². The van der Waals surface area contributed by atoms with Crippen LogP contribution in [0.4, 0.5) is 4.39 Å². The predicted octanol–water partition coefficient (Wildman–Crippen LogP) is 4.29. The van der Waals surface area contributed by atoms with Crippen molar-refractivity contribution in [3.8, 4) is 11.8 Å². The van der Waals surface area contributed by atoms with Gasteiger partial charge in [0.25, 0.3) is 0 Å². The molecule has 0 saturated carbocycles. The van der Waals surface area contributed by atoms with Gasteiger partial charge in [-0.1, -0.05) is 12.1 Å². The Morgan fingerprint density at radius 2 is 1.94 bits per heavy atom. The van der Waals surface area contributed by atoms with Gasteiger partial charge >= 0.3 is 0 Å². The Kier molecular flexibility index (Phi) is 12.5. The van der Waals surface area contributed by atoms with Gasteiger partial charge in [-0.15, -0.1) is 24.0 Å². The van der Waals surface area contributed by atoms with Crippen molar-refractivity contribution in [2.45, 2.75) is 33.4 Å². The van der Waals surface area contributed by atoms with Gasteiger partial charge in [-0.2, -0.15) is 5.26 Å². The fraction of sp³-hybridized carbons (Fsp3) is 0.391. The maximum atomic E-state index is 14.0. The van der Waals surface area contributed by atoms with Crippen LogP contribution in [0, 0.1) is 24.1 Å². The van der Waals surface area contributed by atoms with E-state index < -0.39 is 0 Å². The lowest BCUT2D eigenvalue weighted by molar-refractivity contribution is 0.171. The summed E-state index contributed by atoms with van der Waals surface area (Å²) in [7, 11) is 1.67. The first-order chi connectivity index (χ1) is 14.6. The number of aryl methyl sites for hydroxylation is 1. The summed E-state index contributed by atoms with van der Waals surface area (Å²) in [4.78, 5) is 4.46. The number of rotatable bonds is 10. The van der Waals surface area contributed by atoms with E-state index in [-0.39, 0.29) is 36.3 Å². The SMILES string of the molecule is CCNC(=NCc1cc(C#N)ccc1F)NCc1ccc(C)cc1OCCCOC.I. The molecule has 0 amide bonds. The molecule has 168 valence electrons. The van der Waals surface area contributed by atoms with Crippen molar-refractivity contribution in [2.24, 2.45) is 4.99 Å². The fourth-order valence-corrected chi connectivity index (χ4v) is 2.78. The number of hydrogen-bond donors (Lipinski definition) is 2. The first kappa shape index (κ1) is 26.7. The summed E-state index contributed by atoms with van der Waals surface area (Å²) in [5.74, 6) is 1.01. The monoisotopic (exact) mass is 540 g/mol. The first-order valence-electron chi connectivity index (χ1n) is 9.99. The van der Waals surface area contributed by atoms with Gasteiger partial charge in [0.2, 0.25) is 0 Å². The normalized spacial score (nSPS) is 10.7. The summed E-state index contributed by atoms with van der Waals surface area (Å²) in [6, 6.07) is 12.4. The summed E-state index contributed by atoms with van der Waals surface area (Å²) in [6.45, 7) is 6.52. The zero-order valence-electron chi connectivity index (χ0n) is 18.2. The molecule has 0 spiro atoms. The lowest BCUT2D eigenvalue weighted by Crippen LogP contribution is -2.36. The predicted molar refractivity (Wildman–Crippen MR) is 131 cm³/mol. The molecule has 0 atom stereocenters. The van der Waals surface area contributed by atoms with Crippen molar-refractivity contribution >= 4 is 29.9 Å². The van der Waals surface area contributed by atoms with Crippen LogP contribution in [0.1, 0.15) is 35.6 Å². The number of nitrogens with zero attached hydrogens (tertiary/aromatic N) is 2. The van der Waals surface area contributed by atoms with Gasteiger partial charge in [-0.25, -0.2) is 9.38 Å². The maximum Gasteiger partial charge on any atom is 0.191 e. The molecule has 0 fully saturated rings. The van der Waals surface area contributed by atoms with Crippen LogP contribution in [-0.2, 0) is 17.8 Å². The third-order valence-corrected chi connectivity index (χ3v) is 4.35. The van der Waals surface area contributed by atoms with Gasteiger partial charge in [0, 0.05) is 44.4 Å². The number of nitriles is 1. The number of methoxy groups -OCH3 is 1. The Labute approximate surface area is 200 Å². The van der Waals surface area contributed by atoms with Crippen LogP contribution < -0.4 is 15.4 Å². The molecule has 2 aromatic rings. The van der Waals surface area contributed by atoms with Gasteiger partial charge in [-0.05, 0) is 43.7 Å². The number of aliphatic imine (C=N–C) groups is 1. The Morgan fingerprint density at radius 3 is 2.65 bits per heavy atom. The molecule has 8 heteroatoms. The standard InChI is InChI=1S/C23H29FN4O2.HI/c1-4-26-23(28-16-20-13-18(14-25)7-9-21(20)24)27-15-19-8-6-17(2)12-22(19)30-11-5-10-29-3;/h6-9,12-13H,4-5,10-11,15-16H2,1-3H3,(H2,26,27,28);1H. The van der Waals surface area contributed by atoms with E-state index in [1.54, 1.807) is 7.11 Å². The van der Waals surface area contributed by atoms with Gasteiger partial charge in [0.05, 0.1) is 24.8 Å². The molecule has 6 nitrogen and oxygen atoms in total. The summed E-state index contributed by atoms with van der Waals surface area (Å²) in [6.07, 6.45) is 0.814. The largest absolute Gasteiger partial charge is 0.493 e. The van der Waals surface area contributed by atoms with Gasteiger partial charge in [0.1, 0.15) is 11.6 Å². The summed E-state index contributed by atoms with van der Waals surface area (Å²) >= 11 is 0. The van der Waals surface area contributed by atoms with Crippen LogP contribution in [0.15, 0.2) is 41.4 Å². The van der Waals surface area contributed by atoms with Crippen molar-refractivity contribution in [1.82, 2.24) is 10.6 Å². The highest BCUT2D eigenvalue weighted by atomic mass is 127.